The van der Waals surface area contributed by atoms with Crippen molar-refractivity contribution in [2.75, 3.05) is 13.2 Å². The molecule has 0 N–H and O–H groups in total. The number of fused-ring (bicyclic) bond motifs is 1. The Kier molecular flexibility index (Phi) is 10.3. The van der Waals surface area contributed by atoms with Crippen molar-refractivity contribution in [1.29, 1.82) is 0 Å². The van der Waals surface area contributed by atoms with Crippen LogP contribution in [-0.2, 0) is 16.1 Å². The minimum absolute atomic E-state index is 0.00565. The number of nitro benzene ring substituents is 1. The SMILES string of the molecule is C=CCOc1ccc([C@@H]2C(C(=O)OCC)=C(C)N=c3s/c(=C\c4cc(Br)c(OCc5ccc([N+](=O)[O-])cc5)c(Br)c4)c(=O)n32)cc1. The van der Waals surface area contributed by atoms with E-state index in [9.17, 15) is 19.7 Å². The highest BCUT2D eigenvalue weighted by atomic mass is 79.9. The third-order valence-corrected chi connectivity index (χ3v) is 9.09. The summed E-state index contributed by atoms with van der Waals surface area (Å²) in [5, 5.41) is 10.9. The molecule has 13 heteroatoms. The predicted molar refractivity (Wildman–Crippen MR) is 182 cm³/mol. The molecule has 0 saturated carbocycles. The monoisotopic (exact) mass is 767 g/mol. The number of carbonyl (C=O) groups is 1. The number of nitro groups is 1. The van der Waals surface area contributed by atoms with Crippen LogP contribution in [0.25, 0.3) is 6.08 Å². The van der Waals surface area contributed by atoms with Crippen LogP contribution in [0.4, 0.5) is 5.69 Å². The second-order valence-electron chi connectivity index (χ2n) is 10.00. The van der Waals surface area contributed by atoms with Crippen LogP contribution < -0.4 is 24.4 Å². The van der Waals surface area contributed by atoms with E-state index in [2.05, 4.69) is 43.4 Å². The number of nitrogens with zero attached hydrogens (tertiary/aromatic N) is 3. The first-order chi connectivity index (χ1) is 22.1. The van der Waals surface area contributed by atoms with Crippen molar-refractivity contribution < 1.29 is 23.9 Å². The standard InChI is InChI=1S/C33H27Br2N3O7S/c1-4-14-44-24-12-8-22(9-13-24)29-28(32(40)43-5-2)19(3)36-33-37(29)31(39)27(46-33)17-21-15-25(34)30(26(35)16-21)45-18-20-6-10-23(11-7-20)38(41)42/h4,6-13,15-17,29H,1,5,14,18H2,2-3H3/b27-17-/t29-/m1/s1. The predicted octanol–water partition coefficient (Wildman–Crippen LogP) is 6.38. The molecule has 1 atom stereocenters. The van der Waals surface area contributed by atoms with Gasteiger partial charge in [0.25, 0.3) is 11.2 Å². The van der Waals surface area contributed by atoms with Gasteiger partial charge in [0.15, 0.2) is 4.80 Å². The molecule has 1 aromatic heterocycles. The molecule has 1 aliphatic heterocycles. The molecule has 0 spiro atoms. The second-order valence-corrected chi connectivity index (χ2v) is 12.7. The second kappa shape index (κ2) is 14.4. The van der Waals surface area contributed by atoms with Crippen molar-refractivity contribution in [2.24, 2.45) is 4.99 Å². The Balaban J connectivity index is 1.50. The van der Waals surface area contributed by atoms with Gasteiger partial charge in [-0.05, 0) is 105 Å². The number of benzene rings is 3. The molecule has 2 heterocycles. The molecule has 46 heavy (non-hydrogen) atoms. The van der Waals surface area contributed by atoms with Crippen molar-refractivity contribution in [1.82, 2.24) is 4.57 Å². The van der Waals surface area contributed by atoms with E-state index >= 15 is 0 Å². The lowest BCUT2D eigenvalue weighted by atomic mass is 9.96. The van der Waals surface area contributed by atoms with Crippen molar-refractivity contribution in [3.05, 3.63) is 140 Å². The summed E-state index contributed by atoms with van der Waals surface area (Å²) in [6.45, 7) is 7.85. The number of esters is 1. The Morgan fingerprint density at radius 3 is 2.39 bits per heavy atom. The number of halogens is 2. The van der Waals surface area contributed by atoms with Gasteiger partial charge in [0.1, 0.15) is 24.7 Å². The molecule has 0 radical (unpaired) electrons. The minimum Gasteiger partial charge on any atom is -0.490 e. The summed E-state index contributed by atoms with van der Waals surface area (Å²) in [5.41, 5.74) is 2.65. The van der Waals surface area contributed by atoms with E-state index in [1.165, 1.54) is 28.0 Å². The molecule has 10 nitrogen and oxygen atoms in total. The molecular formula is C33H27Br2N3O7S. The maximum atomic E-state index is 14.0. The lowest BCUT2D eigenvalue weighted by Gasteiger charge is -2.24. The lowest BCUT2D eigenvalue weighted by molar-refractivity contribution is -0.384. The zero-order valence-electron chi connectivity index (χ0n) is 24.7. The van der Waals surface area contributed by atoms with Crippen LogP contribution in [0, 0.1) is 10.1 Å². The molecule has 3 aromatic carbocycles. The Labute approximate surface area is 284 Å². The fourth-order valence-electron chi connectivity index (χ4n) is 4.83. The summed E-state index contributed by atoms with van der Waals surface area (Å²) in [7, 11) is 0. The minimum atomic E-state index is -0.750. The molecule has 0 saturated heterocycles. The molecule has 0 fully saturated rings. The molecular weight excluding hydrogens is 742 g/mol. The maximum absolute atomic E-state index is 14.0. The van der Waals surface area contributed by atoms with Crippen LogP contribution in [0.3, 0.4) is 0 Å². The molecule has 4 aromatic rings. The van der Waals surface area contributed by atoms with Gasteiger partial charge in [0.05, 0.1) is 42.3 Å². The highest BCUT2D eigenvalue weighted by molar-refractivity contribution is 9.11. The van der Waals surface area contributed by atoms with E-state index < -0.39 is 16.9 Å². The number of ether oxygens (including phenoxy) is 3. The summed E-state index contributed by atoms with van der Waals surface area (Å²) in [6, 6.07) is 16.2. The van der Waals surface area contributed by atoms with Gasteiger partial charge in [-0.3, -0.25) is 19.5 Å². The average Bonchev–Trinajstić information content (AvgIpc) is 3.33. The topological polar surface area (TPSA) is 122 Å². The van der Waals surface area contributed by atoms with E-state index in [0.29, 0.717) is 58.8 Å². The highest BCUT2D eigenvalue weighted by Gasteiger charge is 2.33. The molecule has 5 rings (SSSR count). The average molecular weight is 769 g/mol. The van der Waals surface area contributed by atoms with E-state index in [-0.39, 0.29) is 24.5 Å². The van der Waals surface area contributed by atoms with Gasteiger partial charge in [-0.2, -0.15) is 0 Å². The largest absolute Gasteiger partial charge is 0.490 e. The van der Waals surface area contributed by atoms with Crippen LogP contribution in [0.1, 0.15) is 36.6 Å². The van der Waals surface area contributed by atoms with Gasteiger partial charge in [0, 0.05) is 12.1 Å². The number of carbonyl (C=O) groups excluding carboxylic acids is 1. The van der Waals surface area contributed by atoms with E-state index in [0.717, 1.165) is 5.56 Å². The Bertz CT molecular complexity index is 2010. The molecule has 1 aliphatic rings. The first-order valence-corrected chi connectivity index (χ1v) is 16.4. The molecule has 0 bridgehead atoms. The number of allylic oxidation sites excluding steroid dienone is 1. The van der Waals surface area contributed by atoms with Crippen LogP contribution in [0.15, 0.2) is 103 Å². The number of thiazole rings is 1. The van der Waals surface area contributed by atoms with Crippen molar-refractivity contribution >= 4 is 60.9 Å². The van der Waals surface area contributed by atoms with E-state index in [4.69, 9.17) is 14.2 Å². The van der Waals surface area contributed by atoms with Crippen molar-refractivity contribution in [2.45, 2.75) is 26.5 Å². The fourth-order valence-corrected chi connectivity index (χ4v) is 7.33. The number of rotatable bonds is 11. The third-order valence-electron chi connectivity index (χ3n) is 6.93. The van der Waals surface area contributed by atoms with Crippen LogP contribution >= 0.6 is 43.2 Å². The summed E-state index contributed by atoms with van der Waals surface area (Å²) in [4.78, 5) is 42.7. The first kappa shape index (κ1) is 33.0. The van der Waals surface area contributed by atoms with E-state index in [1.807, 2.05) is 24.3 Å². The third kappa shape index (κ3) is 7.06. The summed E-state index contributed by atoms with van der Waals surface area (Å²) in [5.74, 6) is 0.630. The molecule has 0 unspecified atom stereocenters. The summed E-state index contributed by atoms with van der Waals surface area (Å²) in [6.07, 6.45) is 3.41. The first-order valence-electron chi connectivity index (χ1n) is 14.0. The van der Waals surface area contributed by atoms with Gasteiger partial charge in [-0.1, -0.05) is 36.1 Å². The lowest BCUT2D eigenvalue weighted by Crippen LogP contribution is -2.39. The van der Waals surface area contributed by atoms with Gasteiger partial charge in [-0.25, -0.2) is 9.79 Å². The highest BCUT2D eigenvalue weighted by Crippen LogP contribution is 2.36. The normalized spacial score (nSPS) is 14.3. The van der Waals surface area contributed by atoms with Gasteiger partial charge in [-0.15, -0.1) is 0 Å². The smallest absolute Gasteiger partial charge is 0.338 e. The van der Waals surface area contributed by atoms with Gasteiger partial charge >= 0.3 is 5.97 Å². The molecule has 0 amide bonds. The summed E-state index contributed by atoms with van der Waals surface area (Å²) < 4.78 is 20.2. The van der Waals surface area contributed by atoms with Crippen molar-refractivity contribution in [3.8, 4) is 11.5 Å². The number of hydrogen-bond donors (Lipinski definition) is 0. The number of hydrogen-bond acceptors (Lipinski definition) is 9. The van der Waals surface area contributed by atoms with Crippen LogP contribution in [0.2, 0.25) is 0 Å². The fraction of sp³-hybridized carbons (Fsp3) is 0.182. The molecule has 0 aliphatic carbocycles. The summed E-state index contributed by atoms with van der Waals surface area (Å²) >= 11 is 8.35. The Morgan fingerprint density at radius 2 is 1.78 bits per heavy atom. The number of non-ortho nitro benzene ring substituents is 1. The van der Waals surface area contributed by atoms with Crippen LogP contribution in [-0.4, -0.2) is 28.7 Å². The van der Waals surface area contributed by atoms with Crippen molar-refractivity contribution in [3.63, 3.8) is 0 Å². The van der Waals surface area contributed by atoms with Crippen LogP contribution in [0.5, 0.6) is 11.5 Å². The van der Waals surface area contributed by atoms with Gasteiger partial charge < -0.3 is 14.2 Å². The molecule has 236 valence electrons. The number of aromatic nitrogens is 1. The zero-order valence-corrected chi connectivity index (χ0v) is 28.7. The quantitative estimate of drug-likeness (QED) is 0.0752. The Hall–Kier alpha value is -4.33. The van der Waals surface area contributed by atoms with Gasteiger partial charge in [0.2, 0.25) is 0 Å². The Morgan fingerprint density at radius 1 is 1.11 bits per heavy atom. The zero-order chi connectivity index (χ0) is 33.0. The van der Waals surface area contributed by atoms with E-state index in [1.54, 1.807) is 50.3 Å². The maximum Gasteiger partial charge on any atom is 0.338 e.